The molecule has 3 aromatic carbocycles. The van der Waals surface area contributed by atoms with Crippen molar-refractivity contribution in [3.63, 3.8) is 0 Å². The zero-order chi connectivity index (χ0) is 33.1. The number of hydrogen-bond acceptors (Lipinski definition) is 4. The summed E-state index contributed by atoms with van der Waals surface area (Å²) in [5, 5.41) is 12.9. The Kier molecular flexibility index (Phi) is 8.80. The molecule has 236 valence electrons. The third-order valence-corrected chi connectivity index (χ3v) is 8.66. The van der Waals surface area contributed by atoms with Crippen molar-refractivity contribution < 1.29 is 4.39 Å². The molecular formula is C39H37FN6S. The molecule has 6 rings (SSSR count). The summed E-state index contributed by atoms with van der Waals surface area (Å²) in [6, 6.07) is 25.2. The third kappa shape index (κ3) is 7.04. The van der Waals surface area contributed by atoms with E-state index < -0.39 is 9.39 Å². The maximum Gasteiger partial charge on any atom is 0.155 e. The summed E-state index contributed by atoms with van der Waals surface area (Å²) in [6.07, 6.45) is 9.62. The van der Waals surface area contributed by atoms with Crippen LogP contribution in [0, 0.1) is 5.82 Å². The first kappa shape index (κ1) is 31.5. The van der Waals surface area contributed by atoms with Crippen molar-refractivity contribution in [1.82, 2.24) is 30.2 Å². The molecule has 3 aromatic heterocycles. The lowest BCUT2D eigenvalue weighted by molar-refractivity contribution is 0.625. The van der Waals surface area contributed by atoms with Gasteiger partial charge in [0.1, 0.15) is 11.5 Å². The molecule has 0 bridgehead atoms. The highest BCUT2D eigenvalue weighted by atomic mass is 32.2. The second-order valence-corrected chi connectivity index (χ2v) is 14.4. The van der Waals surface area contributed by atoms with E-state index in [-0.39, 0.29) is 5.82 Å². The van der Waals surface area contributed by atoms with Crippen LogP contribution in [0.1, 0.15) is 23.6 Å². The molecule has 3 heterocycles. The average molecular weight is 641 g/mol. The molecule has 0 aliphatic heterocycles. The molecular weight excluding hydrogens is 604 g/mol. The van der Waals surface area contributed by atoms with Crippen LogP contribution in [-0.4, -0.2) is 38.2 Å². The van der Waals surface area contributed by atoms with Crippen molar-refractivity contribution in [2.75, 3.05) is 6.26 Å². The molecule has 0 fully saturated rings. The quantitative estimate of drug-likeness (QED) is 0.0842. The Morgan fingerprint density at radius 1 is 0.979 bits per heavy atom. The lowest BCUT2D eigenvalue weighted by Gasteiger charge is -2.12. The second kappa shape index (κ2) is 13.1. The van der Waals surface area contributed by atoms with Gasteiger partial charge in [0.25, 0.3) is 0 Å². The van der Waals surface area contributed by atoms with E-state index in [0.717, 1.165) is 72.5 Å². The van der Waals surface area contributed by atoms with Crippen LogP contribution in [0.25, 0.3) is 55.7 Å². The van der Waals surface area contributed by atoms with E-state index in [4.69, 9.17) is 4.98 Å². The lowest BCUT2D eigenvalue weighted by atomic mass is 9.99. The first-order valence-corrected chi connectivity index (χ1v) is 17.5. The van der Waals surface area contributed by atoms with Crippen LogP contribution in [0.15, 0.2) is 122 Å². The minimum Gasteiger partial charge on any atom is -0.356 e. The van der Waals surface area contributed by atoms with E-state index in [1.54, 1.807) is 18.2 Å². The number of pyridine rings is 1. The summed E-state index contributed by atoms with van der Waals surface area (Å²) in [5.74, 6) is 7.85. The summed E-state index contributed by atoms with van der Waals surface area (Å²) in [6.45, 7) is 10.7. The van der Waals surface area contributed by atoms with Gasteiger partial charge in [-0.25, -0.2) is 9.37 Å². The van der Waals surface area contributed by atoms with Crippen molar-refractivity contribution in [2.45, 2.75) is 13.5 Å². The molecule has 0 spiro atoms. The minimum absolute atomic E-state index is 0.290. The fourth-order valence-electron chi connectivity index (χ4n) is 5.50. The van der Waals surface area contributed by atoms with Crippen LogP contribution in [0.3, 0.4) is 0 Å². The van der Waals surface area contributed by atoms with Crippen molar-refractivity contribution in [3.05, 3.63) is 145 Å². The van der Waals surface area contributed by atoms with Crippen LogP contribution >= 0.6 is 9.39 Å². The van der Waals surface area contributed by atoms with E-state index in [1.165, 1.54) is 0 Å². The summed E-state index contributed by atoms with van der Waals surface area (Å²) in [5.41, 5.74) is 10.2. The van der Waals surface area contributed by atoms with Crippen LogP contribution in [0.5, 0.6) is 0 Å². The molecule has 0 atom stereocenters. The Bertz CT molecular complexity index is 2310. The van der Waals surface area contributed by atoms with Crippen molar-refractivity contribution >= 4 is 54.3 Å². The highest BCUT2D eigenvalue weighted by Gasteiger charge is 2.16. The number of halogens is 1. The molecule has 0 saturated carbocycles. The van der Waals surface area contributed by atoms with E-state index in [9.17, 15) is 4.39 Å². The van der Waals surface area contributed by atoms with Crippen molar-refractivity contribution in [3.8, 4) is 22.5 Å². The number of fused-ring (bicyclic) bond motifs is 2. The number of aromatic nitrogens is 4. The maximum absolute atomic E-state index is 14.8. The van der Waals surface area contributed by atoms with Crippen molar-refractivity contribution in [1.29, 1.82) is 0 Å². The molecule has 0 unspecified atom stereocenters. The molecule has 0 amide bonds. The second-order valence-electron chi connectivity index (χ2n) is 11.6. The fourth-order valence-corrected chi connectivity index (χ4v) is 6.01. The van der Waals surface area contributed by atoms with Crippen molar-refractivity contribution in [2.24, 2.45) is 0 Å². The highest BCUT2D eigenvalue weighted by molar-refractivity contribution is 8.25. The van der Waals surface area contributed by atoms with Gasteiger partial charge in [-0.05, 0) is 89.6 Å². The largest absolute Gasteiger partial charge is 0.356 e. The van der Waals surface area contributed by atoms with Gasteiger partial charge in [-0.1, -0.05) is 73.4 Å². The fraction of sp³-hybridized carbons (Fsp3) is 0.0769. The number of rotatable bonds is 11. The number of nitrogens with one attached hydrogen (secondary N) is 4. The van der Waals surface area contributed by atoms with E-state index >= 15 is 0 Å². The molecule has 0 aliphatic rings. The van der Waals surface area contributed by atoms with Gasteiger partial charge in [0.05, 0.1) is 5.69 Å². The third-order valence-electron chi connectivity index (χ3n) is 7.82. The van der Waals surface area contributed by atoms with Crippen LogP contribution in [-0.2, 0) is 6.54 Å². The van der Waals surface area contributed by atoms with Gasteiger partial charge >= 0.3 is 0 Å². The summed E-state index contributed by atoms with van der Waals surface area (Å²) in [7, 11) is -1.43. The Hall–Kier alpha value is -5.44. The average Bonchev–Trinajstić information content (AvgIpc) is 3.69. The zero-order valence-electron chi connectivity index (χ0n) is 26.5. The Morgan fingerprint density at radius 3 is 2.53 bits per heavy atom. The van der Waals surface area contributed by atoms with Gasteiger partial charge in [-0.15, -0.1) is 0 Å². The topological polar surface area (TPSA) is 81.4 Å². The number of H-pyrrole nitrogens is 2. The molecule has 8 heteroatoms. The Balaban J connectivity index is 1.34. The molecule has 4 N–H and O–H groups in total. The predicted octanol–water partition coefficient (Wildman–Crippen LogP) is 8.95. The van der Waals surface area contributed by atoms with Crippen LogP contribution in [0.4, 0.5) is 4.39 Å². The predicted molar refractivity (Wildman–Crippen MR) is 202 cm³/mol. The van der Waals surface area contributed by atoms with Gasteiger partial charge in [-0.3, -0.25) is 9.82 Å². The number of hydrogen-bond donors (Lipinski definition) is 4. The van der Waals surface area contributed by atoms with Gasteiger partial charge in [0.15, 0.2) is 5.65 Å². The molecule has 0 aliphatic carbocycles. The molecule has 0 radical (unpaired) electrons. The zero-order valence-corrected chi connectivity index (χ0v) is 27.3. The van der Waals surface area contributed by atoms with E-state index in [0.29, 0.717) is 12.2 Å². The van der Waals surface area contributed by atoms with E-state index in [2.05, 4.69) is 62.3 Å². The summed E-state index contributed by atoms with van der Waals surface area (Å²) in [4.78, 5) is 8.22. The minimum atomic E-state index is -1.43. The lowest BCUT2D eigenvalue weighted by Crippen LogP contribution is -2.09. The molecule has 6 aromatic rings. The number of allylic oxidation sites excluding steroid dienone is 4. The van der Waals surface area contributed by atoms with Gasteiger partial charge < -0.3 is 10.3 Å². The van der Waals surface area contributed by atoms with Gasteiger partial charge in [0, 0.05) is 46.0 Å². The maximum atomic E-state index is 14.8. The smallest absolute Gasteiger partial charge is 0.155 e. The number of aromatic amines is 2. The van der Waals surface area contributed by atoms with Crippen LogP contribution in [0.2, 0.25) is 0 Å². The van der Waals surface area contributed by atoms with Gasteiger partial charge in [0.2, 0.25) is 0 Å². The molecule has 47 heavy (non-hydrogen) atoms. The summed E-state index contributed by atoms with van der Waals surface area (Å²) < 4.78 is 18.1. The number of benzene rings is 3. The van der Waals surface area contributed by atoms with E-state index in [1.807, 2.05) is 86.1 Å². The normalized spacial score (nSPS) is 12.5. The number of nitrogens with zero attached hydrogens (tertiary/aromatic N) is 2. The summed E-state index contributed by atoms with van der Waals surface area (Å²) >= 11 is 0. The Labute approximate surface area is 275 Å². The first-order valence-electron chi connectivity index (χ1n) is 15.1. The monoisotopic (exact) mass is 640 g/mol. The standard InChI is InChI=1S/C39H37FN6S/c1-7-27(20-32(8-2)43-25(3)28-13-10-9-11-14-28)30-21-35-38(45-46-39(35)41-24-30)37-22-34-33(15-12-16-36(34)44-37)29-17-26(18-31(40)19-29)23-42-47(4,5)6/h7-22,24,42-44H,2-5,23H2,1,6H3,(H,41,45,46)/b27-7+,32-20+. The van der Waals surface area contributed by atoms with Crippen LogP contribution < -0.4 is 10.0 Å². The van der Waals surface area contributed by atoms with Gasteiger partial charge in [-0.2, -0.15) is 14.5 Å². The highest BCUT2D eigenvalue weighted by Crippen LogP contribution is 2.35. The SMILES string of the molecule is C=C/C(=C\C(=C/C)c1cnc2[nH]nc(-c3cc4c(-c5cc(F)cc(CNS(=C)(=C)C)c5)cccc4[nH]3)c2c1)NC(=C)c1ccccc1. The Morgan fingerprint density at radius 2 is 1.79 bits per heavy atom. The first-order chi connectivity index (χ1) is 22.6. The molecule has 0 saturated heterocycles. The molecule has 6 nitrogen and oxygen atoms in total.